The number of amides is 2. The van der Waals surface area contributed by atoms with E-state index in [9.17, 15) is 49.1 Å². The zero-order chi connectivity index (χ0) is 31.6. The lowest BCUT2D eigenvalue weighted by atomic mass is 9.93. The number of halogens is 11. The lowest BCUT2D eigenvalue weighted by molar-refractivity contribution is -0.348. The maximum Gasteiger partial charge on any atom is 0.435 e. The topological polar surface area (TPSA) is 58.6 Å². The van der Waals surface area contributed by atoms with Crippen molar-refractivity contribution in [2.45, 2.75) is 31.6 Å². The van der Waals surface area contributed by atoms with E-state index in [1.54, 1.807) is 23.5 Å². The largest absolute Gasteiger partial charge is 0.435 e. The van der Waals surface area contributed by atoms with Gasteiger partial charge in [-0.3, -0.25) is 9.59 Å². The van der Waals surface area contributed by atoms with Crippen LogP contribution in [0.4, 0.5) is 55.3 Å². The van der Waals surface area contributed by atoms with Crippen LogP contribution in [-0.4, -0.2) is 37.3 Å². The number of ether oxygens (including phenoxy) is 1. The summed E-state index contributed by atoms with van der Waals surface area (Å²) in [5.41, 5.74) is -10.5. The van der Waals surface area contributed by atoms with Crippen LogP contribution in [0.25, 0.3) is 0 Å². The third-order valence-corrected chi connectivity index (χ3v) is 6.08. The molecule has 0 fully saturated rings. The molecule has 16 heteroatoms. The second kappa shape index (κ2) is 12.1. The fraction of sp³-hybridized carbons (Fsp3) is 0.231. The molecular weight excluding hydrogens is 614 g/mol. The average Bonchev–Trinajstić information content (AvgIpc) is 2.90. The van der Waals surface area contributed by atoms with Crippen LogP contribution in [0, 0.1) is 5.82 Å². The van der Waals surface area contributed by atoms with E-state index < -0.39 is 75.5 Å². The first kappa shape index (κ1) is 32.5. The van der Waals surface area contributed by atoms with Crippen molar-refractivity contribution in [3.8, 4) is 5.75 Å². The number of rotatable bonds is 8. The molecular formula is C26H17ClF10N2O3. The standard InChI is InChI=1S/C26H17ClF10N2O3/c1-2-39(22(41)13-7-4-3-5-8-13)17-10-6-9-15(19(17)28)21(40)38-20-16(27)11-14(12-18(20)42-23(29)30)24(31,25(32,33)34)26(35,36)37/h3-12,23H,2H2,1H3,(H,38,40). The van der Waals surface area contributed by atoms with Crippen molar-refractivity contribution in [3.63, 3.8) is 0 Å². The summed E-state index contributed by atoms with van der Waals surface area (Å²) >= 11 is 5.72. The van der Waals surface area contributed by atoms with Gasteiger partial charge in [0.25, 0.3) is 11.8 Å². The summed E-state index contributed by atoms with van der Waals surface area (Å²) < 4.78 is 139. The van der Waals surface area contributed by atoms with E-state index in [-0.39, 0.29) is 24.2 Å². The summed E-state index contributed by atoms with van der Waals surface area (Å²) in [4.78, 5) is 26.8. The Hall–Kier alpha value is -4.01. The zero-order valence-electron chi connectivity index (χ0n) is 20.9. The number of carbonyl (C=O) groups is 2. The molecule has 0 saturated heterocycles. The Bertz CT molecular complexity index is 1450. The van der Waals surface area contributed by atoms with Crippen LogP contribution in [0.2, 0.25) is 5.02 Å². The Morgan fingerprint density at radius 3 is 2.05 bits per heavy atom. The molecule has 0 spiro atoms. The molecule has 0 aliphatic rings. The number of nitrogens with one attached hydrogen (secondary N) is 1. The SMILES string of the molecule is CCN(C(=O)c1ccccc1)c1cccc(C(=O)Nc2c(Cl)cc(C(F)(C(F)(F)F)C(F)(F)F)cc2OC(F)F)c1F. The second-order valence-corrected chi connectivity index (χ2v) is 8.78. The summed E-state index contributed by atoms with van der Waals surface area (Å²) in [5, 5.41) is 0.505. The Balaban J connectivity index is 2.07. The maximum atomic E-state index is 15.5. The second-order valence-electron chi connectivity index (χ2n) is 8.37. The molecule has 0 atom stereocenters. The molecule has 3 aromatic rings. The summed E-state index contributed by atoms with van der Waals surface area (Å²) in [7, 11) is 0. The van der Waals surface area contributed by atoms with Crippen LogP contribution in [0.3, 0.4) is 0 Å². The number of nitrogens with zero attached hydrogens (tertiary/aromatic N) is 1. The van der Waals surface area contributed by atoms with E-state index in [0.29, 0.717) is 0 Å². The smallest absolute Gasteiger partial charge is 0.433 e. The van der Waals surface area contributed by atoms with E-state index in [0.717, 1.165) is 23.1 Å². The van der Waals surface area contributed by atoms with Gasteiger partial charge >= 0.3 is 24.6 Å². The van der Waals surface area contributed by atoms with Gasteiger partial charge < -0.3 is 15.0 Å². The molecule has 0 aliphatic heterocycles. The molecule has 0 aliphatic carbocycles. The van der Waals surface area contributed by atoms with Gasteiger partial charge in [0.15, 0.2) is 11.6 Å². The van der Waals surface area contributed by atoms with Crippen molar-refractivity contribution in [1.82, 2.24) is 0 Å². The monoisotopic (exact) mass is 630 g/mol. The number of hydrogen-bond acceptors (Lipinski definition) is 3. The first-order valence-electron chi connectivity index (χ1n) is 11.5. The Morgan fingerprint density at radius 2 is 1.52 bits per heavy atom. The van der Waals surface area contributed by atoms with Gasteiger partial charge in [0.1, 0.15) is 5.69 Å². The highest BCUT2D eigenvalue weighted by Gasteiger charge is 2.73. The van der Waals surface area contributed by atoms with Gasteiger partial charge in [-0.05, 0) is 43.3 Å². The highest BCUT2D eigenvalue weighted by Crippen LogP contribution is 2.55. The number of hydrogen-bond donors (Lipinski definition) is 1. The highest BCUT2D eigenvalue weighted by atomic mass is 35.5. The first-order chi connectivity index (χ1) is 19.4. The summed E-state index contributed by atoms with van der Waals surface area (Å²) in [6.07, 6.45) is -13.2. The Morgan fingerprint density at radius 1 is 0.929 bits per heavy atom. The van der Waals surface area contributed by atoms with Crippen LogP contribution in [-0.2, 0) is 5.67 Å². The molecule has 3 rings (SSSR count). The Kier molecular flexibility index (Phi) is 9.35. The molecule has 0 saturated carbocycles. The molecule has 1 N–H and O–H groups in total. The van der Waals surface area contributed by atoms with Crippen LogP contribution in [0.1, 0.15) is 33.2 Å². The maximum absolute atomic E-state index is 15.5. The van der Waals surface area contributed by atoms with Crippen LogP contribution >= 0.6 is 11.6 Å². The van der Waals surface area contributed by atoms with Crippen molar-refractivity contribution < 1.29 is 58.2 Å². The van der Waals surface area contributed by atoms with Gasteiger partial charge in [0.05, 0.1) is 16.3 Å². The van der Waals surface area contributed by atoms with Crippen LogP contribution in [0.5, 0.6) is 5.75 Å². The van der Waals surface area contributed by atoms with Crippen molar-refractivity contribution in [2.24, 2.45) is 0 Å². The fourth-order valence-electron chi connectivity index (χ4n) is 3.82. The molecule has 0 unspecified atom stereocenters. The third kappa shape index (κ3) is 6.25. The highest BCUT2D eigenvalue weighted by molar-refractivity contribution is 6.34. The zero-order valence-corrected chi connectivity index (χ0v) is 21.6. The quantitative estimate of drug-likeness (QED) is 0.255. The van der Waals surface area contributed by atoms with Gasteiger partial charge in [0.2, 0.25) is 0 Å². The van der Waals surface area contributed by atoms with Crippen LogP contribution in [0.15, 0.2) is 60.7 Å². The van der Waals surface area contributed by atoms with E-state index in [1.165, 1.54) is 19.1 Å². The summed E-state index contributed by atoms with van der Waals surface area (Å²) in [6, 6.07) is 10.2. The van der Waals surface area contributed by atoms with Gasteiger partial charge in [-0.2, -0.15) is 35.1 Å². The first-order valence-corrected chi connectivity index (χ1v) is 11.9. The molecule has 0 aromatic heterocycles. The molecule has 3 aromatic carbocycles. The van der Waals surface area contributed by atoms with Gasteiger partial charge in [0, 0.05) is 17.7 Å². The molecule has 0 bridgehead atoms. The minimum absolute atomic E-state index is 0.0845. The minimum atomic E-state index is -6.62. The lowest BCUT2D eigenvalue weighted by Crippen LogP contribution is -2.50. The number of carbonyl (C=O) groups excluding carboxylic acids is 2. The van der Waals surface area contributed by atoms with Crippen molar-refractivity contribution in [2.75, 3.05) is 16.8 Å². The molecule has 42 heavy (non-hydrogen) atoms. The van der Waals surface area contributed by atoms with E-state index in [2.05, 4.69) is 4.74 Å². The average molecular weight is 631 g/mol. The third-order valence-electron chi connectivity index (χ3n) is 5.78. The molecule has 2 amide bonds. The van der Waals surface area contributed by atoms with Crippen molar-refractivity contribution in [1.29, 1.82) is 0 Å². The predicted molar refractivity (Wildman–Crippen MR) is 131 cm³/mol. The van der Waals surface area contributed by atoms with Gasteiger partial charge in [-0.1, -0.05) is 35.9 Å². The van der Waals surface area contributed by atoms with Crippen molar-refractivity contribution >= 4 is 34.8 Å². The fourth-order valence-corrected chi connectivity index (χ4v) is 4.08. The molecule has 5 nitrogen and oxygen atoms in total. The Labute approximate surface area is 235 Å². The lowest BCUT2D eigenvalue weighted by Gasteiger charge is -2.31. The minimum Gasteiger partial charge on any atom is -0.433 e. The summed E-state index contributed by atoms with van der Waals surface area (Å²) in [6.45, 7) is -2.48. The normalized spacial score (nSPS) is 12.3. The van der Waals surface area contributed by atoms with E-state index >= 15 is 4.39 Å². The number of anilines is 2. The molecule has 0 heterocycles. The molecule has 226 valence electrons. The van der Waals surface area contributed by atoms with Crippen molar-refractivity contribution in [3.05, 3.63) is 88.2 Å². The van der Waals surface area contributed by atoms with Crippen LogP contribution < -0.4 is 15.0 Å². The molecule has 0 radical (unpaired) electrons. The summed E-state index contributed by atoms with van der Waals surface area (Å²) in [5.74, 6) is -5.03. The van der Waals surface area contributed by atoms with Gasteiger partial charge in [-0.25, -0.2) is 8.78 Å². The van der Waals surface area contributed by atoms with E-state index in [4.69, 9.17) is 11.6 Å². The number of alkyl halides is 9. The number of benzene rings is 3. The van der Waals surface area contributed by atoms with E-state index in [1.807, 2.05) is 0 Å². The van der Waals surface area contributed by atoms with Gasteiger partial charge in [-0.15, -0.1) is 0 Å². The predicted octanol–water partition coefficient (Wildman–Crippen LogP) is 8.29.